The van der Waals surface area contributed by atoms with E-state index in [0.29, 0.717) is 11.3 Å². The summed E-state index contributed by atoms with van der Waals surface area (Å²) in [6.07, 6.45) is 0.899. The van der Waals surface area contributed by atoms with Crippen LogP contribution in [0, 0.1) is 0 Å². The number of rotatable bonds is 4. The Bertz CT molecular complexity index is 368. The Hall–Kier alpha value is -1.62. The van der Waals surface area contributed by atoms with Crippen molar-refractivity contribution in [3.05, 3.63) is 23.5 Å². The van der Waals surface area contributed by atoms with E-state index in [1.807, 2.05) is 0 Å². The minimum atomic E-state index is -0.587. The Morgan fingerprint density at radius 2 is 2.27 bits per heavy atom. The lowest BCUT2D eigenvalue weighted by molar-refractivity contribution is 0.0919. The maximum absolute atomic E-state index is 11.4. The molecular formula is C10H14N2O3. The van der Waals surface area contributed by atoms with Crippen LogP contribution < -0.4 is 5.32 Å². The van der Waals surface area contributed by atoms with E-state index in [1.165, 1.54) is 19.2 Å². The Morgan fingerprint density at radius 3 is 2.73 bits per heavy atom. The number of hydrogen-bond donors (Lipinski definition) is 3. The van der Waals surface area contributed by atoms with E-state index in [0.717, 1.165) is 0 Å². The van der Waals surface area contributed by atoms with Gasteiger partial charge in [-0.2, -0.15) is 0 Å². The topological polar surface area (TPSA) is 82.2 Å². The molecule has 0 bridgehead atoms. The number of carbonyl (C=O) groups is 2. The van der Waals surface area contributed by atoms with Gasteiger partial charge in [-0.05, 0) is 19.9 Å². The van der Waals surface area contributed by atoms with Crippen molar-refractivity contribution in [2.75, 3.05) is 6.54 Å². The van der Waals surface area contributed by atoms with Gasteiger partial charge < -0.3 is 15.4 Å². The smallest absolute Gasteiger partial charge is 0.267 e. The maximum Gasteiger partial charge on any atom is 0.267 e. The Balaban J connectivity index is 2.62. The fourth-order valence-electron chi connectivity index (χ4n) is 1.06. The summed E-state index contributed by atoms with van der Waals surface area (Å²) in [5, 5.41) is 11.5. The average molecular weight is 210 g/mol. The first-order chi connectivity index (χ1) is 7.00. The molecule has 0 radical (unpaired) electrons. The normalized spacial score (nSPS) is 12.2. The van der Waals surface area contributed by atoms with Gasteiger partial charge in [0.15, 0.2) is 5.78 Å². The van der Waals surface area contributed by atoms with Crippen LogP contribution in [-0.2, 0) is 0 Å². The number of aromatic amines is 1. The summed E-state index contributed by atoms with van der Waals surface area (Å²) < 4.78 is 0. The van der Waals surface area contributed by atoms with E-state index in [4.69, 9.17) is 5.11 Å². The molecule has 0 aliphatic carbocycles. The van der Waals surface area contributed by atoms with Crippen LogP contribution in [0.3, 0.4) is 0 Å². The van der Waals surface area contributed by atoms with Gasteiger partial charge in [0.05, 0.1) is 6.10 Å². The quantitative estimate of drug-likeness (QED) is 0.626. The molecule has 0 saturated heterocycles. The molecule has 1 aromatic heterocycles. The van der Waals surface area contributed by atoms with Crippen LogP contribution in [0.1, 0.15) is 34.7 Å². The molecule has 3 N–H and O–H groups in total. The molecule has 1 unspecified atom stereocenters. The van der Waals surface area contributed by atoms with Crippen molar-refractivity contribution in [1.82, 2.24) is 10.3 Å². The molecule has 0 aliphatic heterocycles. The van der Waals surface area contributed by atoms with Crippen LogP contribution in [0.15, 0.2) is 12.3 Å². The predicted molar refractivity (Wildman–Crippen MR) is 54.8 cm³/mol. The summed E-state index contributed by atoms with van der Waals surface area (Å²) >= 11 is 0. The number of aliphatic hydroxyl groups is 1. The van der Waals surface area contributed by atoms with E-state index in [-0.39, 0.29) is 18.2 Å². The zero-order valence-corrected chi connectivity index (χ0v) is 8.70. The molecule has 5 nitrogen and oxygen atoms in total. The van der Waals surface area contributed by atoms with Gasteiger partial charge in [-0.3, -0.25) is 9.59 Å². The SMILES string of the molecule is CC(=O)c1c[nH]c(C(=O)NCC(C)O)c1. The molecule has 0 aliphatic rings. The minimum Gasteiger partial charge on any atom is -0.392 e. The molecule has 1 atom stereocenters. The third-order valence-corrected chi connectivity index (χ3v) is 1.89. The summed E-state index contributed by atoms with van der Waals surface area (Å²) in [6.45, 7) is 3.20. The molecule has 1 aromatic rings. The van der Waals surface area contributed by atoms with Gasteiger partial charge in [-0.15, -0.1) is 0 Å². The summed E-state index contributed by atoms with van der Waals surface area (Å²) in [6, 6.07) is 1.49. The lowest BCUT2D eigenvalue weighted by atomic mass is 10.2. The van der Waals surface area contributed by atoms with Gasteiger partial charge in [0, 0.05) is 18.3 Å². The molecular weight excluding hydrogens is 196 g/mol. The van der Waals surface area contributed by atoms with Gasteiger partial charge in [0.1, 0.15) is 5.69 Å². The van der Waals surface area contributed by atoms with Gasteiger partial charge >= 0.3 is 0 Å². The second kappa shape index (κ2) is 4.75. The van der Waals surface area contributed by atoms with E-state index in [9.17, 15) is 9.59 Å². The summed E-state index contributed by atoms with van der Waals surface area (Å²) in [5.41, 5.74) is 0.790. The van der Waals surface area contributed by atoms with Gasteiger partial charge in [-0.25, -0.2) is 0 Å². The fraction of sp³-hybridized carbons (Fsp3) is 0.400. The highest BCUT2D eigenvalue weighted by atomic mass is 16.3. The van der Waals surface area contributed by atoms with Crippen LogP contribution in [0.2, 0.25) is 0 Å². The molecule has 5 heteroatoms. The Kier molecular flexibility index (Phi) is 3.62. The van der Waals surface area contributed by atoms with Crippen molar-refractivity contribution in [2.45, 2.75) is 20.0 Å². The minimum absolute atomic E-state index is 0.0965. The predicted octanol–water partition coefficient (Wildman–Crippen LogP) is 0.328. The monoisotopic (exact) mass is 210 g/mol. The van der Waals surface area contributed by atoms with Crippen molar-refractivity contribution in [3.63, 3.8) is 0 Å². The number of nitrogens with one attached hydrogen (secondary N) is 2. The number of ketones is 1. The first-order valence-corrected chi connectivity index (χ1v) is 4.66. The van der Waals surface area contributed by atoms with Crippen molar-refractivity contribution in [3.8, 4) is 0 Å². The molecule has 1 heterocycles. The van der Waals surface area contributed by atoms with Crippen LogP contribution in [0.25, 0.3) is 0 Å². The van der Waals surface area contributed by atoms with Crippen molar-refractivity contribution >= 4 is 11.7 Å². The van der Waals surface area contributed by atoms with E-state index < -0.39 is 6.10 Å². The third kappa shape index (κ3) is 3.21. The number of aromatic nitrogens is 1. The number of H-pyrrole nitrogens is 1. The number of aliphatic hydroxyl groups excluding tert-OH is 1. The molecule has 82 valence electrons. The summed E-state index contributed by atoms with van der Waals surface area (Å²) in [7, 11) is 0. The largest absolute Gasteiger partial charge is 0.392 e. The molecule has 0 aromatic carbocycles. The van der Waals surface area contributed by atoms with Crippen LogP contribution in [0.5, 0.6) is 0 Å². The molecule has 0 spiro atoms. The lowest BCUT2D eigenvalue weighted by Gasteiger charge is -2.04. The highest BCUT2D eigenvalue weighted by Gasteiger charge is 2.10. The first kappa shape index (κ1) is 11.5. The standard InChI is InChI=1S/C10H14N2O3/c1-6(13)4-12-10(15)9-3-8(5-11-9)7(2)14/h3,5-6,11,13H,4H2,1-2H3,(H,12,15). The number of amides is 1. The number of hydrogen-bond acceptors (Lipinski definition) is 3. The highest BCUT2D eigenvalue weighted by molar-refractivity contribution is 5.99. The first-order valence-electron chi connectivity index (χ1n) is 4.66. The van der Waals surface area contributed by atoms with Crippen molar-refractivity contribution < 1.29 is 14.7 Å². The van der Waals surface area contributed by atoms with Gasteiger partial charge in [0.25, 0.3) is 5.91 Å². The second-order valence-corrected chi connectivity index (χ2v) is 3.42. The number of Topliss-reactive ketones (excluding diaryl/α,β-unsaturated/α-hetero) is 1. The van der Waals surface area contributed by atoms with Gasteiger partial charge in [-0.1, -0.05) is 0 Å². The summed E-state index contributed by atoms with van der Waals surface area (Å²) in [5.74, 6) is -0.427. The zero-order chi connectivity index (χ0) is 11.4. The fourth-order valence-corrected chi connectivity index (χ4v) is 1.06. The van der Waals surface area contributed by atoms with E-state index in [2.05, 4.69) is 10.3 Å². The Morgan fingerprint density at radius 1 is 1.60 bits per heavy atom. The van der Waals surface area contributed by atoms with Crippen LogP contribution in [-0.4, -0.2) is 34.4 Å². The second-order valence-electron chi connectivity index (χ2n) is 3.42. The maximum atomic E-state index is 11.4. The van der Waals surface area contributed by atoms with Crippen LogP contribution >= 0.6 is 0 Å². The van der Waals surface area contributed by atoms with Crippen molar-refractivity contribution in [1.29, 1.82) is 0 Å². The van der Waals surface area contributed by atoms with Gasteiger partial charge in [0.2, 0.25) is 0 Å². The van der Waals surface area contributed by atoms with Crippen LogP contribution in [0.4, 0.5) is 0 Å². The third-order valence-electron chi connectivity index (χ3n) is 1.89. The zero-order valence-electron chi connectivity index (χ0n) is 8.70. The molecule has 0 saturated carbocycles. The lowest BCUT2D eigenvalue weighted by Crippen LogP contribution is -2.30. The Labute approximate surface area is 87.5 Å². The molecule has 0 fully saturated rings. The molecule has 15 heavy (non-hydrogen) atoms. The molecule has 1 rings (SSSR count). The van der Waals surface area contributed by atoms with Crippen molar-refractivity contribution in [2.24, 2.45) is 0 Å². The number of carbonyl (C=O) groups excluding carboxylic acids is 2. The average Bonchev–Trinajstić information content (AvgIpc) is 2.62. The molecule has 1 amide bonds. The summed E-state index contributed by atoms with van der Waals surface area (Å²) in [4.78, 5) is 25.1. The van der Waals surface area contributed by atoms with E-state index in [1.54, 1.807) is 6.92 Å². The highest BCUT2D eigenvalue weighted by Crippen LogP contribution is 2.03. The van der Waals surface area contributed by atoms with E-state index >= 15 is 0 Å².